The Morgan fingerprint density at radius 1 is 1.14 bits per heavy atom. The summed E-state index contributed by atoms with van der Waals surface area (Å²) in [5.41, 5.74) is 1.10. The number of rotatable bonds is 9. The molecule has 0 unspecified atom stereocenters. The first-order chi connectivity index (χ1) is 10.3. The van der Waals surface area contributed by atoms with Crippen molar-refractivity contribution < 1.29 is 19.0 Å². The molecule has 2 N–H and O–H groups in total. The van der Waals surface area contributed by atoms with Crippen molar-refractivity contribution in [3.63, 3.8) is 0 Å². The molecule has 0 amide bonds. The molecule has 2 aromatic rings. The first-order valence-electron chi connectivity index (χ1n) is 7.06. The zero-order chi connectivity index (χ0) is 14.9. The molecule has 114 valence electrons. The van der Waals surface area contributed by atoms with Gasteiger partial charge in [-0.05, 0) is 36.8 Å². The molecular weight excluding hydrogens is 270 g/mol. The lowest BCUT2D eigenvalue weighted by Gasteiger charge is -2.13. The number of ether oxygens (including phenoxy) is 2. The van der Waals surface area contributed by atoms with E-state index in [0.29, 0.717) is 31.2 Å². The molecule has 0 saturated carbocycles. The summed E-state index contributed by atoms with van der Waals surface area (Å²) in [5.74, 6) is 2.26. The quantitative estimate of drug-likeness (QED) is 0.742. The topological polar surface area (TPSA) is 63.9 Å². The minimum absolute atomic E-state index is 0.0159. The number of hydrogen-bond acceptors (Lipinski definition) is 5. The van der Waals surface area contributed by atoms with E-state index in [1.165, 1.54) is 0 Å². The van der Waals surface area contributed by atoms with Crippen LogP contribution in [-0.2, 0) is 13.1 Å². The van der Waals surface area contributed by atoms with Gasteiger partial charge in [0.2, 0.25) is 0 Å². The Hall–Kier alpha value is -1.98. The minimum atomic E-state index is -0.0159. The zero-order valence-corrected chi connectivity index (χ0v) is 12.2. The Labute approximate surface area is 124 Å². The van der Waals surface area contributed by atoms with Crippen molar-refractivity contribution in [2.45, 2.75) is 20.0 Å². The standard InChI is InChI=1S/C16H21NO4/c1-2-19-16-10-13(5-6-15(16)21-9-7-18)11-17-12-14-4-3-8-20-14/h3-6,8,10,17-18H,2,7,9,11-12H2,1H3. The summed E-state index contributed by atoms with van der Waals surface area (Å²) in [6, 6.07) is 9.60. The number of aliphatic hydroxyl groups excluding tert-OH is 1. The van der Waals surface area contributed by atoms with Crippen LogP contribution in [0.4, 0.5) is 0 Å². The number of benzene rings is 1. The van der Waals surface area contributed by atoms with Crippen molar-refractivity contribution in [3.8, 4) is 11.5 Å². The van der Waals surface area contributed by atoms with Gasteiger partial charge in [0.1, 0.15) is 12.4 Å². The highest BCUT2D eigenvalue weighted by atomic mass is 16.5. The molecule has 0 aliphatic carbocycles. The number of hydrogen-bond donors (Lipinski definition) is 2. The second kappa shape index (κ2) is 8.34. The van der Waals surface area contributed by atoms with Gasteiger partial charge in [0, 0.05) is 6.54 Å². The average Bonchev–Trinajstić information content (AvgIpc) is 3.00. The average molecular weight is 291 g/mol. The predicted molar refractivity (Wildman–Crippen MR) is 79.4 cm³/mol. The molecule has 21 heavy (non-hydrogen) atoms. The lowest BCUT2D eigenvalue weighted by Crippen LogP contribution is -2.12. The van der Waals surface area contributed by atoms with E-state index in [1.54, 1.807) is 6.26 Å². The van der Waals surface area contributed by atoms with E-state index in [1.807, 2.05) is 37.3 Å². The lowest BCUT2D eigenvalue weighted by atomic mass is 10.2. The molecular formula is C16H21NO4. The van der Waals surface area contributed by atoms with Gasteiger partial charge in [0.15, 0.2) is 11.5 Å². The van der Waals surface area contributed by atoms with Crippen LogP contribution in [0.1, 0.15) is 18.2 Å². The first kappa shape index (κ1) is 15.4. The van der Waals surface area contributed by atoms with Crippen LogP contribution in [-0.4, -0.2) is 24.9 Å². The van der Waals surface area contributed by atoms with Crippen LogP contribution in [0.25, 0.3) is 0 Å². The van der Waals surface area contributed by atoms with Gasteiger partial charge in [-0.15, -0.1) is 0 Å². The van der Waals surface area contributed by atoms with Gasteiger partial charge in [-0.25, -0.2) is 0 Å². The molecule has 0 spiro atoms. The van der Waals surface area contributed by atoms with E-state index in [2.05, 4.69) is 5.32 Å². The molecule has 1 aromatic carbocycles. The fraction of sp³-hybridized carbons (Fsp3) is 0.375. The Morgan fingerprint density at radius 2 is 2.05 bits per heavy atom. The fourth-order valence-electron chi connectivity index (χ4n) is 1.95. The maximum absolute atomic E-state index is 8.82. The van der Waals surface area contributed by atoms with Gasteiger partial charge in [-0.3, -0.25) is 0 Å². The predicted octanol–water partition coefficient (Wildman–Crippen LogP) is 2.34. The van der Waals surface area contributed by atoms with Crippen molar-refractivity contribution in [2.75, 3.05) is 19.8 Å². The number of aliphatic hydroxyl groups is 1. The van der Waals surface area contributed by atoms with Gasteiger partial charge in [-0.1, -0.05) is 6.07 Å². The summed E-state index contributed by atoms with van der Waals surface area (Å²) in [5, 5.41) is 12.1. The van der Waals surface area contributed by atoms with Gasteiger partial charge < -0.3 is 24.3 Å². The van der Waals surface area contributed by atoms with E-state index in [0.717, 1.165) is 11.3 Å². The van der Waals surface area contributed by atoms with Gasteiger partial charge in [0.25, 0.3) is 0 Å². The molecule has 1 heterocycles. The zero-order valence-electron chi connectivity index (χ0n) is 12.2. The summed E-state index contributed by atoms with van der Waals surface area (Å²) in [4.78, 5) is 0. The molecule has 5 heteroatoms. The van der Waals surface area contributed by atoms with Gasteiger partial charge in [0.05, 0.1) is 26.0 Å². The Kier molecular flexibility index (Phi) is 6.12. The summed E-state index contributed by atoms with van der Waals surface area (Å²) in [6.07, 6.45) is 1.66. The van der Waals surface area contributed by atoms with Crippen molar-refractivity contribution in [1.29, 1.82) is 0 Å². The number of furan rings is 1. The summed E-state index contributed by atoms with van der Waals surface area (Å²) in [7, 11) is 0. The molecule has 0 aliphatic heterocycles. The Morgan fingerprint density at radius 3 is 2.76 bits per heavy atom. The fourth-order valence-corrected chi connectivity index (χ4v) is 1.95. The second-order valence-corrected chi connectivity index (χ2v) is 4.47. The molecule has 2 rings (SSSR count). The highest BCUT2D eigenvalue weighted by Crippen LogP contribution is 2.28. The van der Waals surface area contributed by atoms with E-state index in [-0.39, 0.29) is 13.2 Å². The molecule has 0 bridgehead atoms. The van der Waals surface area contributed by atoms with Gasteiger partial charge >= 0.3 is 0 Å². The lowest BCUT2D eigenvalue weighted by molar-refractivity contribution is 0.194. The van der Waals surface area contributed by atoms with Gasteiger partial charge in [-0.2, -0.15) is 0 Å². The highest BCUT2D eigenvalue weighted by molar-refractivity contribution is 5.43. The van der Waals surface area contributed by atoms with Crippen LogP contribution in [0.15, 0.2) is 41.0 Å². The largest absolute Gasteiger partial charge is 0.490 e. The van der Waals surface area contributed by atoms with E-state index in [9.17, 15) is 0 Å². The maximum atomic E-state index is 8.82. The van der Waals surface area contributed by atoms with Crippen LogP contribution in [0, 0.1) is 0 Å². The molecule has 1 aromatic heterocycles. The van der Waals surface area contributed by atoms with Crippen molar-refractivity contribution in [2.24, 2.45) is 0 Å². The third-order valence-electron chi connectivity index (χ3n) is 2.87. The minimum Gasteiger partial charge on any atom is -0.490 e. The Bertz CT molecular complexity index is 525. The molecule has 0 saturated heterocycles. The summed E-state index contributed by atoms with van der Waals surface area (Å²) >= 11 is 0. The highest BCUT2D eigenvalue weighted by Gasteiger charge is 2.06. The van der Waals surface area contributed by atoms with Crippen molar-refractivity contribution >= 4 is 0 Å². The monoisotopic (exact) mass is 291 g/mol. The van der Waals surface area contributed by atoms with E-state index < -0.39 is 0 Å². The molecule has 0 atom stereocenters. The van der Waals surface area contributed by atoms with Crippen LogP contribution in [0.3, 0.4) is 0 Å². The van der Waals surface area contributed by atoms with E-state index in [4.69, 9.17) is 19.0 Å². The summed E-state index contributed by atoms with van der Waals surface area (Å²) in [6.45, 7) is 4.13. The Balaban J connectivity index is 1.94. The first-order valence-corrected chi connectivity index (χ1v) is 7.06. The smallest absolute Gasteiger partial charge is 0.161 e. The number of nitrogens with one attached hydrogen (secondary N) is 1. The van der Waals surface area contributed by atoms with Crippen LogP contribution < -0.4 is 14.8 Å². The molecule has 0 aliphatic rings. The SMILES string of the molecule is CCOc1cc(CNCc2ccco2)ccc1OCCO. The van der Waals surface area contributed by atoms with Crippen LogP contribution >= 0.6 is 0 Å². The maximum Gasteiger partial charge on any atom is 0.161 e. The normalized spacial score (nSPS) is 10.6. The molecule has 0 radical (unpaired) electrons. The van der Waals surface area contributed by atoms with Crippen molar-refractivity contribution in [3.05, 3.63) is 47.9 Å². The molecule has 5 nitrogen and oxygen atoms in total. The summed E-state index contributed by atoms with van der Waals surface area (Å²) < 4.78 is 16.3. The van der Waals surface area contributed by atoms with Crippen LogP contribution in [0.5, 0.6) is 11.5 Å². The third-order valence-corrected chi connectivity index (χ3v) is 2.87. The van der Waals surface area contributed by atoms with Crippen LogP contribution in [0.2, 0.25) is 0 Å². The third kappa shape index (κ3) is 4.81. The van der Waals surface area contributed by atoms with E-state index >= 15 is 0 Å². The second-order valence-electron chi connectivity index (χ2n) is 4.47. The molecule has 0 fully saturated rings. The van der Waals surface area contributed by atoms with Crippen molar-refractivity contribution in [1.82, 2.24) is 5.32 Å².